The fraction of sp³-hybridized carbons (Fsp3) is 0.348. The third kappa shape index (κ3) is 3.98. The first-order chi connectivity index (χ1) is 13.7. The van der Waals surface area contributed by atoms with Gasteiger partial charge in [0.25, 0.3) is 0 Å². The summed E-state index contributed by atoms with van der Waals surface area (Å²) in [5.74, 6) is 0.145. The number of nitrogens with zero attached hydrogens (tertiary/aromatic N) is 3. The largest absolute Gasteiger partial charge is 0.335 e. The lowest BCUT2D eigenvalue weighted by Gasteiger charge is -2.23. The van der Waals surface area contributed by atoms with Crippen molar-refractivity contribution in [3.8, 4) is 0 Å². The van der Waals surface area contributed by atoms with Gasteiger partial charge in [0.05, 0.1) is 18.3 Å². The Kier molecular flexibility index (Phi) is 5.24. The molecule has 1 amide bonds. The average molecular weight is 375 g/mol. The lowest BCUT2D eigenvalue weighted by Crippen LogP contribution is -2.33. The Labute approximate surface area is 164 Å². The van der Waals surface area contributed by atoms with Crippen molar-refractivity contribution in [2.24, 2.45) is 0 Å². The van der Waals surface area contributed by atoms with Crippen LogP contribution in [0.4, 0.5) is 0 Å². The molecule has 1 aliphatic rings. The molecule has 2 aromatic carbocycles. The molecule has 3 aromatic rings. The third-order valence-corrected chi connectivity index (χ3v) is 5.39. The molecule has 0 N–H and O–H groups in total. The molecular weight excluding hydrogens is 350 g/mol. The summed E-state index contributed by atoms with van der Waals surface area (Å²) in [4.78, 5) is 26.9. The van der Waals surface area contributed by atoms with E-state index in [2.05, 4.69) is 36.3 Å². The van der Waals surface area contributed by atoms with Crippen molar-refractivity contribution < 1.29 is 4.79 Å². The Bertz CT molecular complexity index is 1040. The topological polar surface area (TPSA) is 55.2 Å². The van der Waals surface area contributed by atoms with Crippen molar-refractivity contribution in [2.45, 2.75) is 51.7 Å². The van der Waals surface area contributed by atoms with Crippen LogP contribution in [-0.4, -0.2) is 26.6 Å². The minimum Gasteiger partial charge on any atom is -0.335 e. The second-order valence-corrected chi connectivity index (χ2v) is 7.42. The molecule has 0 spiro atoms. The van der Waals surface area contributed by atoms with Gasteiger partial charge in [-0.15, -0.1) is 0 Å². The van der Waals surface area contributed by atoms with E-state index in [1.807, 2.05) is 23.1 Å². The molecule has 5 heteroatoms. The van der Waals surface area contributed by atoms with Crippen molar-refractivity contribution in [1.82, 2.24) is 14.7 Å². The summed E-state index contributed by atoms with van der Waals surface area (Å²) in [6, 6.07) is 16.3. The van der Waals surface area contributed by atoms with Crippen LogP contribution in [0.1, 0.15) is 37.3 Å². The molecule has 0 unspecified atom stereocenters. The number of aromatic nitrogens is 2. The van der Waals surface area contributed by atoms with Gasteiger partial charge in [-0.05, 0) is 42.5 Å². The molecule has 0 bridgehead atoms. The Morgan fingerprint density at radius 1 is 1.11 bits per heavy atom. The van der Waals surface area contributed by atoms with Gasteiger partial charge in [-0.2, -0.15) is 5.10 Å². The van der Waals surface area contributed by atoms with E-state index in [1.54, 1.807) is 10.7 Å². The molecule has 1 aromatic heterocycles. The molecule has 1 saturated carbocycles. The van der Waals surface area contributed by atoms with Gasteiger partial charge in [-0.1, -0.05) is 43.3 Å². The molecule has 0 radical (unpaired) electrons. The maximum Gasteiger partial charge on any atom is 0.224 e. The van der Waals surface area contributed by atoms with Gasteiger partial charge in [0, 0.05) is 24.4 Å². The zero-order chi connectivity index (χ0) is 19.5. The lowest BCUT2D eigenvalue weighted by atomic mass is 10.1. The van der Waals surface area contributed by atoms with Crippen molar-refractivity contribution >= 4 is 16.8 Å². The van der Waals surface area contributed by atoms with E-state index in [0.29, 0.717) is 30.9 Å². The quantitative estimate of drug-likeness (QED) is 0.635. The zero-order valence-electron chi connectivity index (χ0n) is 16.2. The molecule has 5 nitrogen and oxygen atoms in total. The van der Waals surface area contributed by atoms with Crippen LogP contribution in [0.2, 0.25) is 0 Å². The number of amides is 1. The maximum absolute atomic E-state index is 13.0. The van der Waals surface area contributed by atoms with Crippen LogP contribution >= 0.6 is 0 Å². The summed E-state index contributed by atoms with van der Waals surface area (Å²) in [5.41, 5.74) is 3.16. The second-order valence-electron chi connectivity index (χ2n) is 7.42. The molecule has 0 aliphatic heterocycles. The fourth-order valence-corrected chi connectivity index (χ4v) is 3.57. The number of benzene rings is 2. The molecule has 0 saturated heterocycles. The number of fused-ring (bicyclic) bond motifs is 1. The normalized spacial score (nSPS) is 13.6. The van der Waals surface area contributed by atoms with Crippen LogP contribution in [0.25, 0.3) is 10.9 Å². The van der Waals surface area contributed by atoms with E-state index in [1.165, 1.54) is 17.3 Å². The minimum absolute atomic E-state index is 0.0895. The molecule has 144 valence electrons. The van der Waals surface area contributed by atoms with Crippen molar-refractivity contribution in [1.29, 1.82) is 0 Å². The van der Waals surface area contributed by atoms with Crippen molar-refractivity contribution in [2.75, 3.05) is 0 Å². The first-order valence-electron chi connectivity index (χ1n) is 9.98. The van der Waals surface area contributed by atoms with Crippen LogP contribution in [0, 0.1) is 0 Å². The average Bonchev–Trinajstić information content (AvgIpc) is 3.57. The van der Waals surface area contributed by atoms with Crippen LogP contribution in [0.5, 0.6) is 0 Å². The predicted molar refractivity (Wildman–Crippen MR) is 110 cm³/mol. The van der Waals surface area contributed by atoms with Gasteiger partial charge in [-0.3, -0.25) is 14.3 Å². The summed E-state index contributed by atoms with van der Waals surface area (Å²) < 4.78 is 1.76. The van der Waals surface area contributed by atoms with Gasteiger partial charge >= 0.3 is 0 Å². The Balaban J connectivity index is 1.47. The molecule has 1 fully saturated rings. The van der Waals surface area contributed by atoms with Crippen LogP contribution in [-0.2, 0) is 24.3 Å². The maximum atomic E-state index is 13.0. The predicted octanol–water partition coefficient (Wildman–Crippen LogP) is 3.54. The van der Waals surface area contributed by atoms with Gasteiger partial charge in [0.1, 0.15) is 0 Å². The van der Waals surface area contributed by atoms with Crippen LogP contribution in [0.15, 0.2) is 59.5 Å². The standard InChI is InChI=1S/C23H25N3O2/c1-2-17-7-9-18(10-8-17)16-25(19-11-12-19)23(28)13-14-26-21-6-4-3-5-20(21)22(27)15-24-26/h3-10,15,19H,2,11-14,16H2,1H3. The number of hydrogen-bond acceptors (Lipinski definition) is 3. The molecule has 1 aliphatic carbocycles. The van der Waals surface area contributed by atoms with Crippen LogP contribution < -0.4 is 5.43 Å². The molecule has 0 atom stereocenters. The highest BCUT2D eigenvalue weighted by Gasteiger charge is 2.32. The highest BCUT2D eigenvalue weighted by molar-refractivity contribution is 5.79. The number of rotatable bonds is 7. The highest BCUT2D eigenvalue weighted by atomic mass is 16.2. The monoisotopic (exact) mass is 375 g/mol. The summed E-state index contributed by atoms with van der Waals surface area (Å²) in [7, 11) is 0. The summed E-state index contributed by atoms with van der Waals surface area (Å²) in [6.45, 7) is 3.27. The number of aryl methyl sites for hydroxylation is 2. The highest BCUT2D eigenvalue weighted by Crippen LogP contribution is 2.29. The van der Waals surface area contributed by atoms with E-state index in [-0.39, 0.29) is 11.3 Å². The second kappa shape index (κ2) is 7.97. The first kappa shape index (κ1) is 18.4. The Morgan fingerprint density at radius 2 is 1.82 bits per heavy atom. The van der Waals surface area contributed by atoms with Crippen LogP contribution in [0.3, 0.4) is 0 Å². The van der Waals surface area contributed by atoms with E-state index in [9.17, 15) is 9.59 Å². The van der Waals surface area contributed by atoms with Crippen molar-refractivity contribution in [3.63, 3.8) is 0 Å². The molecule has 28 heavy (non-hydrogen) atoms. The summed E-state index contributed by atoms with van der Waals surface area (Å²) >= 11 is 0. The number of carbonyl (C=O) groups is 1. The van der Waals surface area contributed by atoms with Gasteiger partial charge in [-0.25, -0.2) is 0 Å². The number of carbonyl (C=O) groups excluding carboxylic acids is 1. The van der Waals surface area contributed by atoms with Gasteiger partial charge in [0.2, 0.25) is 11.3 Å². The molecular formula is C23H25N3O2. The summed E-state index contributed by atoms with van der Waals surface area (Å²) in [6.07, 6.45) is 4.89. The van der Waals surface area contributed by atoms with E-state index < -0.39 is 0 Å². The molecule has 1 heterocycles. The minimum atomic E-state index is -0.0895. The van der Waals surface area contributed by atoms with Gasteiger partial charge in [0.15, 0.2) is 0 Å². The smallest absolute Gasteiger partial charge is 0.224 e. The fourth-order valence-electron chi connectivity index (χ4n) is 3.57. The number of hydrogen-bond donors (Lipinski definition) is 0. The number of para-hydroxylation sites is 1. The van der Waals surface area contributed by atoms with E-state index >= 15 is 0 Å². The zero-order valence-corrected chi connectivity index (χ0v) is 16.2. The third-order valence-electron chi connectivity index (χ3n) is 5.39. The summed E-state index contributed by atoms with van der Waals surface area (Å²) in [5, 5.41) is 4.87. The van der Waals surface area contributed by atoms with Crippen molar-refractivity contribution in [3.05, 3.63) is 76.1 Å². The van der Waals surface area contributed by atoms with E-state index in [4.69, 9.17) is 0 Å². The Morgan fingerprint density at radius 3 is 2.54 bits per heavy atom. The van der Waals surface area contributed by atoms with Gasteiger partial charge < -0.3 is 4.90 Å². The van der Waals surface area contributed by atoms with E-state index in [0.717, 1.165) is 24.8 Å². The molecule has 4 rings (SSSR count). The Hall–Kier alpha value is -2.95. The SMILES string of the molecule is CCc1ccc(CN(C(=O)CCn2ncc(=O)c3ccccc32)C2CC2)cc1. The first-order valence-corrected chi connectivity index (χ1v) is 9.98. The lowest BCUT2D eigenvalue weighted by molar-refractivity contribution is -0.132.